The van der Waals surface area contributed by atoms with E-state index in [4.69, 9.17) is 9.47 Å². The summed E-state index contributed by atoms with van der Waals surface area (Å²) in [6.07, 6.45) is 1.17. The lowest BCUT2D eigenvalue weighted by molar-refractivity contribution is 0.310. The third-order valence-electron chi connectivity index (χ3n) is 3.42. The molecule has 0 saturated carbocycles. The van der Waals surface area contributed by atoms with Crippen molar-refractivity contribution < 1.29 is 9.47 Å². The first-order chi connectivity index (χ1) is 9.02. The summed E-state index contributed by atoms with van der Waals surface area (Å²) in [5, 5.41) is 3.50. The van der Waals surface area contributed by atoms with Gasteiger partial charge in [0.15, 0.2) is 11.5 Å². The minimum atomic E-state index is 0.343. The number of methoxy groups -OCH3 is 1. The maximum Gasteiger partial charge on any atom is 0.161 e. The molecule has 0 aliphatic rings. The summed E-state index contributed by atoms with van der Waals surface area (Å²) in [5.41, 5.74) is 1.56. The van der Waals surface area contributed by atoms with Gasteiger partial charge in [-0.2, -0.15) is 0 Å². The summed E-state index contributed by atoms with van der Waals surface area (Å²) in [7, 11) is 1.68. The van der Waals surface area contributed by atoms with Gasteiger partial charge in [0.2, 0.25) is 0 Å². The first kappa shape index (κ1) is 15.8. The molecule has 0 radical (unpaired) electrons. The largest absolute Gasteiger partial charge is 0.493 e. The van der Waals surface area contributed by atoms with Crippen LogP contribution in [-0.4, -0.2) is 20.3 Å². The molecule has 108 valence electrons. The number of benzene rings is 1. The number of nitrogens with one attached hydrogen (secondary N) is 1. The van der Waals surface area contributed by atoms with Crippen molar-refractivity contribution in [2.24, 2.45) is 5.41 Å². The fraction of sp³-hybridized carbons (Fsp3) is 0.625. The van der Waals surface area contributed by atoms with Crippen LogP contribution < -0.4 is 14.8 Å². The molecule has 1 aromatic carbocycles. The van der Waals surface area contributed by atoms with Gasteiger partial charge in [0.1, 0.15) is 0 Å². The van der Waals surface area contributed by atoms with Crippen LogP contribution in [0.25, 0.3) is 0 Å². The predicted octanol–water partition coefficient (Wildman–Crippen LogP) is 3.62. The van der Waals surface area contributed by atoms with E-state index in [-0.39, 0.29) is 0 Å². The smallest absolute Gasteiger partial charge is 0.161 e. The number of ether oxygens (including phenoxy) is 2. The normalized spacial score (nSPS) is 11.4. The van der Waals surface area contributed by atoms with Crippen molar-refractivity contribution in [1.82, 2.24) is 5.32 Å². The van der Waals surface area contributed by atoms with Crippen LogP contribution in [0.3, 0.4) is 0 Å². The van der Waals surface area contributed by atoms with Crippen LogP contribution in [0.15, 0.2) is 18.2 Å². The molecule has 3 nitrogen and oxygen atoms in total. The van der Waals surface area contributed by atoms with Gasteiger partial charge in [-0.05, 0) is 36.5 Å². The zero-order valence-corrected chi connectivity index (χ0v) is 12.9. The van der Waals surface area contributed by atoms with Gasteiger partial charge in [0, 0.05) is 13.1 Å². The highest BCUT2D eigenvalue weighted by molar-refractivity contribution is 5.42. The second kappa shape index (κ2) is 7.39. The van der Waals surface area contributed by atoms with Crippen molar-refractivity contribution in [3.8, 4) is 11.5 Å². The van der Waals surface area contributed by atoms with Crippen molar-refractivity contribution in [3.05, 3.63) is 23.8 Å². The Kier molecular flexibility index (Phi) is 6.16. The maximum atomic E-state index is 5.51. The summed E-state index contributed by atoms with van der Waals surface area (Å²) >= 11 is 0. The molecule has 0 atom stereocenters. The Morgan fingerprint density at radius 3 is 2.47 bits per heavy atom. The maximum absolute atomic E-state index is 5.51. The summed E-state index contributed by atoms with van der Waals surface area (Å²) < 4.78 is 10.9. The van der Waals surface area contributed by atoms with Crippen LogP contribution >= 0.6 is 0 Å². The summed E-state index contributed by atoms with van der Waals surface area (Å²) in [4.78, 5) is 0. The number of hydrogen-bond donors (Lipinski definition) is 1. The topological polar surface area (TPSA) is 30.5 Å². The number of rotatable bonds is 8. The molecule has 0 aliphatic carbocycles. The second-order valence-electron chi connectivity index (χ2n) is 5.54. The SMILES string of the molecule is CCOc1ccc(CNCC(C)(C)CC)cc1OC. The molecule has 0 heterocycles. The van der Waals surface area contributed by atoms with Crippen LogP contribution in [0.2, 0.25) is 0 Å². The van der Waals surface area contributed by atoms with Gasteiger partial charge in [0.05, 0.1) is 13.7 Å². The standard InChI is InChI=1S/C16H27NO2/c1-6-16(3,4)12-17-11-13-8-9-14(19-7-2)15(10-13)18-5/h8-10,17H,6-7,11-12H2,1-5H3. The lowest BCUT2D eigenvalue weighted by Crippen LogP contribution is -2.28. The van der Waals surface area contributed by atoms with E-state index in [0.717, 1.165) is 24.6 Å². The van der Waals surface area contributed by atoms with Gasteiger partial charge in [-0.3, -0.25) is 0 Å². The zero-order valence-electron chi connectivity index (χ0n) is 12.9. The van der Waals surface area contributed by atoms with Crippen LogP contribution in [0.1, 0.15) is 39.7 Å². The van der Waals surface area contributed by atoms with E-state index in [1.807, 2.05) is 19.1 Å². The van der Waals surface area contributed by atoms with E-state index in [1.165, 1.54) is 12.0 Å². The van der Waals surface area contributed by atoms with Crippen molar-refractivity contribution in [3.63, 3.8) is 0 Å². The highest BCUT2D eigenvalue weighted by Crippen LogP contribution is 2.28. The average molecular weight is 265 g/mol. The highest BCUT2D eigenvalue weighted by atomic mass is 16.5. The molecule has 1 N–H and O–H groups in total. The molecule has 0 saturated heterocycles. The van der Waals surface area contributed by atoms with E-state index >= 15 is 0 Å². The Balaban J connectivity index is 2.60. The Bertz CT molecular complexity index is 388. The van der Waals surface area contributed by atoms with E-state index in [1.54, 1.807) is 7.11 Å². The molecule has 0 unspecified atom stereocenters. The first-order valence-corrected chi connectivity index (χ1v) is 7.03. The average Bonchev–Trinajstić information content (AvgIpc) is 2.40. The molecular weight excluding hydrogens is 238 g/mol. The molecule has 0 bridgehead atoms. The van der Waals surface area contributed by atoms with Crippen LogP contribution in [-0.2, 0) is 6.54 Å². The Morgan fingerprint density at radius 2 is 1.89 bits per heavy atom. The van der Waals surface area contributed by atoms with Gasteiger partial charge in [0.25, 0.3) is 0 Å². The molecule has 0 spiro atoms. The molecule has 1 aromatic rings. The lowest BCUT2D eigenvalue weighted by atomic mass is 9.90. The third-order valence-corrected chi connectivity index (χ3v) is 3.42. The van der Waals surface area contributed by atoms with Gasteiger partial charge in [-0.1, -0.05) is 26.8 Å². The Hall–Kier alpha value is -1.22. The van der Waals surface area contributed by atoms with Crippen LogP contribution in [0.4, 0.5) is 0 Å². The van der Waals surface area contributed by atoms with Crippen molar-refractivity contribution >= 4 is 0 Å². The molecule has 1 rings (SSSR count). The van der Waals surface area contributed by atoms with Gasteiger partial charge in [-0.25, -0.2) is 0 Å². The van der Waals surface area contributed by atoms with E-state index in [2.05, 4.69) is 32.2 Å². The highest BCUT2D eigenvalue weighted by Gasteiger charge is 2.14. The zero-order chi connectivity index (χ0) is 14.3. The molecule has 0 amide bonds. The fourth-order valence-electron chi connectivity index (χ4n) is 1.77. The molecule has 19 heavy (non-hydrogen) atoms. The number of hydrogen-bond acceptors (Lipinski definition) is 3. The van der Waals surface area contributed by atoms with Crippen LogP contribution in [0, 0.1) is 5.41 Å². The van der Waals surface area contributed by atoms with Gasteiger partial charge < -0.3 is 14.8 Å². The lowest BCUT2D eigenvalue weighted by Gasteiger charge is -2.23. The van der Waals surface area contributed by atoms with E-state index in [9.17, 15) is 0 Å². The quantitative estimate of drug-likeness (QED) is 0.778. The first-order valence-electron chi connectivity index (χ1n) is 7.03. The summed E-state index contributed by atoms with van der Waals surface area (Å²) in [5.74, 6) is 1.61. The minimum absolute atomic E-state index is 0.343. The molecule has 0 aromatic heterocycles. The van der Waals surface area contributed by atoms with E-state index < -0.39 is 0 Å². The summed E-state index contributed by atoms with van der Waals surface area (Å²) in [6.45, 7) is 11.3. The summed E-state index contributed by atoms with van der Waals surface area (Å²) in [6, 6.07) is 6.10. The minimum Gasteiger partial charge on any atom is -0.493 e. The van der Waals surface area contributed by atoms with Crippen molar-refractivity contribution in [2.75, 3.05) is 20.3 Å². The predicted molar refractivity (Wildman–Crippen MR) is 79.9 cm³/mol. The van der Waals surface area contributed by atoms with Gasteiger partial charge >= 0.3 is 0 Å². The fourth-order valence-corrected chi connectivity index (χ4v) is 1.77. The van der Waals surface area contributed by atoms with Crippen molar-refractivity contribution in [2.45, 2.75) is 40.7 Å². The molecule has 3 heteroatoms. The van der Waals surface area contributed by atoms with Crippen molar-refractivity contribution in [1.29, 1.82) is 0 Å². The molecule has 0 aliphatic heterocycles. The Labute approximate surface area is 117 Å². The Morgan fingerprint density at radius 1 is 1.16 bits per heavy atom. The van der Waals surface area contributed by atoms with Crippen LogP contribution in [0.5, 0.6) is 11.5 Å². The monoisotopic (exact) mass is 265 g/mol. The molecule has 0 fully saturated rings. The molecular formula is C16H27NO2. The van der Waals surface area contributed by atoms with Gasteiger partial charge in [-0.15, -0.1) is 0 Å². The second-order valence-corrected chi connectivity index (χ2v) is 5.54. The van der Waals surface area contributed by atoms with E-state index in [0.29, 0.717) is 12.0 Å². The third kappa shape index (κ3) is 5.11.